The average molecular weight is 937 g/mol. The average Bonchev–Trinajstić information content (AvgIpc) is 3.93. The maximum atomic E-state index is 13.2. The van der Waals surface area contributed by atoms with Gasteiger partial charge < -0.3 is 23.7 Å². The fraction of sp³-hybridized carbons (Fsp3) is 0. The number of rotatable bonds is 16. The minimum atomic E-state index is -0.396. The molecule has 2 heterocycles. The zero-order valence-electron chi connectivity index (χ0n) is 37.2. The first-order valence-electron chi connectivity index (χ1n) is 22.0. The van der Waals surface area contributed by atoms with E-state index in [2.05, 4.69) is 0 Å². The molecule has 0 saturated carbocycles. The molecule has 0 N–H and O–H groups in total. The Morgan fingerprint density at radius 3 is 0.577 bits per heavy atom. The van der Waals surface area contributed by atoms with E-state index in [0.29, 0.717) is 91.1 Å². The van der Waals surface area contributed by atoms with Crippen molar-refractivity contribution < 1.29 is 52.5 Å². The number of ether oxygens (including phenoxy) is 5. The van der Waals surface area contributed by atoms with Gasteiger partial charge in [-0.25, -0.2) is 9.80 Å². The van der Waals surface area contributed by atoms with E-state index in [9.17, 15) is 28.8 Å². The van der Waals surface area contributed by atoms with Gasteiger partial charge in [0.1, 0.15) is 57.5 Å². The van der Waals surface area contributed by atoms with Crippen LogP contribution in [0.2, 0.25) is 0 Å². The largest absolute Gasteiger partial charge is 0.457 e. The number of imide groups is 2. The molecule has 0 fully saturated rings. The number of benzene rings is 8. The lowest BCUT2D eigenvalue weighted by Gasteiger charge is -2.14. The first kappa shape index (κ1) is 44.7. The van der Waals surface area contributed by atoms with Crippen molar-refractivity contribution in [1.82, 2.24) is 0 Å². The third-order valence-electron chi connectivity index (χ3n) is 11.1. The van der Waals surface area contributed by atoms with Crippen LogP contribution in [0.15, 0.2) is 218 Å². The van der Waals surface area contributed by atoms with Crippen molar-refractivity contribution in [3.63, 3.8) is 0 Å². The molecular formula is C58H36N2O11. The predicted octanol–water partition coefficient (Wildman–Crippen LogP) is 12.0. The van der Waals surface area contributed by atoms with Gasteiger partial charge in [-0.05, 0) is 194 Å². The first-order chi connectivity index (χ1) is 34.6. The lowest BCUT2D eigenvalue weighted by Crippen LogP contribution is -2.29. The van der Waals surface area contributed by atoms with E-state index in [0.717, 1.165) is 9.80 Å². The van der Waals surface area contributed by atoms with E-state index in [-0.39, 0.29) is 11.6 Å². The highest BCUT2D eigenvalue weighted by atomic mass is 16.5. The Morgan fingerprint density at radius 1 is 0.239 bits per heavy atom. The Morgan fingerprint density at radius 2 is 0.394 bits per heavy atom. The Bertz CT molecular complexity index is 3120. The molecule has 0 aromatic heterocycles. The molecule has 8 aromatic carbocycles. The van der Waals surface area contributed by atoms with Crippen molar-refractivity contribution in [2.75, 3.05) is 9.80 Å². The fourth-order valence-electron chi connectivity index (χ4n) is 7.50. The number of carbonyl (C=O) groups is 6. The van der Waals surface area contributed by atoms with E-state index in [4.69, 9.17) is 23.7 Å². The molecule has 0 spiro atoms. The van der Waals surface area contributed by atoms with Crippen molar-refractivity contribution in [2.24, 2.45) is 0 Å². The van der Waals surface area contributed by atoms with Crippen LogP contribution in [-0.4, -0.2) is 35.2 Å². The molecule has 71 heavy (non-hydrogen) atoms. The lowest BCUT2D eigenvalue weighted by molar-refractivity contribution is -0.121. The van der Waals surface area contributed by atoms with Crippen molar-refractivity contribution in [1.29, 1.82) is 0 Å². The second-order valence-electron chi connectivity index (χ2n) is 15.9. The molecule has 13 nitrogen and oxygen atoms in total. The highest BCUT2D eigenvalue weighted by Crippen LogP contribution is 2.32. The summed E-state index contributed by atoms with van der Waals surface area (Å²) in [4.78, 5) is 76.5. The van der Waals surface area contributed by atoms with Crippen LogP contribution < -0.4 is 33.5 Å². The van der Waals surface area contributed by atoms with Gasteiger partial charge >= 0.3 is 0 Å². The van der Waals surface area contributed by atoms with Crippen molar-refractivity contribution in [3.8, 4) is 57.5 Å². The summed E-state index contributed by atoms with van der Waals surface area (Å²) in [5.74, 6) is 3.54. The topological polar surface area (TPSA) is 155 Å². The van der Waals surface area contributed by atoms with Gasteiger partial charge in [-0.1, -0.05) is 0 Å². The molecule has 0 saturated heterocycles. The van der Waals surface area contributed by atoms with Gasteiger partial charge in [0.25, 0.3) is 23.6 Å². The minimum Gasteiger partial charge on any atom is -0.457 e. The van der Waals surface area contributed by atoms with E-state index in [1.165, 1.54) is 24.3 Å². The van der Waals surface area contributed by atoms with E-state index in [1.807, 2.05) is 0 Å². The smallest absolute Gasteiger partial charge is 0.258 e. The summed E-state index contributed by atoms with van der Waals surface area (Å²) in [6, 6.07) is 54.6. The molecule has 0 aliphatic carbocycles. The zero-order chi connectivity index (χ0) is 48.8. The van der Waals surface area contributed by atoms with E-state index < -0.39 is 23.6 Å². The molecule has 344 valence electrons. The second kappa shape index (κ2) is 19.6. The highest BCUT2D eigenvalue weighted by Gasteiger charge is 2.26. The van der Waals surface area contributed by atoms with Crippen LogP contribution in [0.4, 0.5) is 11.4 Å². The molecule has 8 aromatic rings. The van der Waals surface area contributed by atoms with Crippen molar-refractivity contribution in [2.45, 2.75) is 0 Å². The van der Waals surface area contributed by atoms with Gasteiger partial charge in [0, 0.05) is 46.6 Å². The van der Waals surface area contributed by atoms with Crippen LogP contribution in [-0.2, 0) is 19.2 Å². The molecule has 13 heteroatoms. The number of amides is 4. The van der Waals surface area contributed by atoms with Crippen LogP contribution >= 0.6 is 0 Å². The summed E-state index contributed by atoms with van der Waals surface area (Å²) in [6.45, 7) is 0. The Kier molecular flexibility index (Phi) is 12.3. The number of anilines is 2. The maximum Gasteiger partial charge on any atom is 0.258 e. The van der Waals surface area contributed by atoms with Gasteiger partial charge in [-0.2, -0.15) is 0 Å². The maximum absolute atomic E-state index is 13.2. The Balaban J connectivity index is 0.666. The van der Waals surface area contributed by atoms with E-state index >= 15 is 0 Å². The number of ketones is 2. The number of nitrogens with zero attached hydrogens (tertiary/aromatic N) is 2. The van der Waals surface area contributed by atoms with Crippen LogP contribution in [0.1, 0.15) is 31.8 Å². The standard InChI is InChI=1S/C58H36N2O11/c61-53-33-34-54(62)59(53)41-9-21-47(22-10-41)67-43-13-1-37(2-14-43)57(65)39-5-17-45(18-6-39)69-49-25-29-51(30-26-49)71-52-31-27-50(28-32-52)70-46-19-7-40(8-20-46)58(66)38-3-15-44(16-4-38)68-48-23-11-42(12-24-48)60-55(63)35-36-56(60)64/h1-36H. The van der Waals surface area contributed by atoms with Crippen LogP contribution in [0.5, 0.6) is 57.5 Å². The summed E-state index contributed by atoms with van der Waals surface area (Å²) in [6.07, 6.45) is 4.91. The number of carbonyl (C=O) groups excluding carboxylic acids is 6. The predicted molar refractivity (Wildman–Crippen MR) is 262 cm³/mol. The van der Waals surface area contributed by atoms with Crippen LogP contribution in [0.25, 0.3) is 0 Å². The molecule has 2 aliphatic heterocycles. The second-order valence-corrected chi connectivity index (χ2v) is 15.9. The van der Waals surface area contributed by atoms with Gasteiger partial charge in [0.15, 0.2) is 11.6 Å². The molecule has 4 amide bonds. The third kappa shape index (κ3) is 10.2. The molecular weight excluding hydrogens is 901 g/mol. The summed E-state index contributed by atoms with van der Waals surface area (Å²) >= 11 is 0. The highest BCUT2D eigenvalue weighted by molar-refractivity contribution is 6.28. The SMILES string of the molecule is O=C(c1ccc(Oc2ccc(Oc3ccc(Oc4ccc(C(=O)c5ccc(Oc6ccc(N7C(=O)C=CC7=O)cc6)cc5)cc4)cc3)cc2)cc1)c1ccc(Oc2ccc(N3C(=O)C=CC3=O)cc2)cc1. The Labute approximate surface area is 405 Å². The first-order valence-corrected chi connectivity index (χ1v) is 22.0. The number of hydrogen-bond donors (Lipinski definition) is 0. The summed E-state index contributed by atoms with van der Waals surface area (Å²) in [5.41, 5.74) is 2.81. The lowest BCUT2D eigenvalue weighted by atomic mass is 10.0. The molecule has 0 radical (unpaired) electrons. The molecule has 10 rings (SSSR count). The van der Waals surface area contributed by atoms with E-state index in [1.54, 1.807) is 194 Å². The Hall–Kier alpha value is -10.1. The minimum absolute atomic E-state index is 0.169. The van der Waals surface area contributed by atoms with Gasteiger partial charge in [-0.3, -0.25) is 28.8 Å². The summed E-state index contributed by atoms with van der Waals surface area (Å²) in [5, 5.41) is 0. The van der Waals surface area contributed by atoms with Gasteiger partial charge in [0.05, 0.1) is 11.4 Å². The molecule has 0 atom stereocenters. The van der Waals surface area contributed by atoms with Crippen LogP contribution in [0.3, 0.4) is 0 Å². The summed E-state index contributed by atoms with van der Waals surface area (Å²) < 4.78 is 29.9. The fourth-order valence-corrected chi connectivity index (χ4v) is 7.50. The molecule has 2 aliphatic rings. The van der Waals surface area contributed by atoms with Crippen LogP contribution in [0, 0.1) is 0 Å². The van der Waals surface area contributed by atoms with Crippen molar-refractivity contribution >= 4 is 46.6 Å². The third-order valence-corrected chi connectivity index (χ3v) is 11.1. The molecule has 0 unspecified atom stereocenters. The van der Waals surface area contributed by atoms with Gasteiger partial charge in [-0.15, -0.1) is 0 Å². The normalized spacial score (nSPS) is 12.8. The number of hydrogen-bond acceptors (Lipinski definition) is 11. The van der Waals surface area contributed by atoms with Crippen molar-refractivity contribution in [3.05, 3.63) is 241 Å². The zero-order valence-corrected chi connectivity index (χ0v) is 37.2. The quantitative estimate of drug-likeness (QED) is 0.0671. The summed E-state index contributed by atoms with van der Waals surface area (Å²) in [7, 11) is 0. The monoisotopic (exact) mass is 936 g/mol. The molecule has 0 bridgehead atoms. The van der Waals surface area contributed by atoms with Gasteiger partial charge in [0.2, 0.25) is 0 Å².